The molecule has 0 aromatic heterocycles. The number of benzene rings is 1. The van der Waals surface area contributed by atoms with Gasteiger partial charge in [0.15, 0.2) is 0 Å². The van der Waals surface area contributed by atoms with Crippen molar-refractivity contribution in [2.24, 2.45) is 5.92 Å². The standard InChI is InChI=1S/C12H13NO5/c1-17-12(14)9-6-11(18-7-9)8-2-4-10(5-3-8)13(15)16/h2-5,9,11H,6-7H2,1H3. The zero-order chi connectivity index (χ0) is 13.1. The molecule has 0 radical (unpaired) electrons. The molecule has 18 heavy (non-hydrogen) atoms. The van der Waals surface area contributed by atoms with Gasteiger partial charge >= 0.3 is 5.97 Å². The van der Waals surface area contributed by atoms with Crippen LogP contribution in [-0.4, -0.2) is 24.6 Å². The average molecular weight is 251 g/mol. The van der Waals surface area contributed by atoms with Crippen LogP contribution in [0.3, 0.4) is 0 Å². The number of methoxy groups -OCH3 is 1. The fraction of sp³-hybridized carbons (Fsp3) is 0.417. The van der Waals surface area contributed by atoms with E-state index < -0.39 is 4.92 Å². The van der Waals surface area contributed by atoms with Crippen LogP contribution in [0.4, 0.5) is 5.69 Å². The maximum Gasteiger partial charge on any atom is 0.311 e. The van der Waals surface area contributed by atoms with Crippen LogP contribution in [0.15, 0.2) is 24.3 Å². The van der Waals surface area contributed by atoms with Crippen molar-refractivity contribution in [3.63, 3.8) is 0 Å². The number of hydrogen-bond acceptors (Lipinski definition) is 5. The number of hydrogen-bond donors (Lipinski definition) is 0. The van der Waals surface area contributed by atoms with Gasteiger partial charge < -0.3 is 9.47 Å². The largest absolute Gasteiger partial charge is 0.469 e. The minimum atomic E-state index is -0.448. The molecule has 1 aromatic carbocycles. The topological polar surface area (TPSA) is 78.7 Å². The molecule has 6 heteroatoms. The lowest BCUT2D eigenvalue weighted by Gasteiger charge is -2.09. The number of nitro benzene ring substituents is 1. The smallest absolute Gasteiger partial charge is 0.311 e. The third-order valence-corrected chi connectivity index (χ3v) is 3.01. The zero-order valence-electron chi connectivity index (χ0n) is 9.87. The Morgan fingerprint density at radius 3 is 2.67 bits per heavy atom. The Morgan fingerprint density at radius 2 is 2.11 bits per heavy atom. The summed E-state index contributed by atoms with van der Waals surface area (Å²) in [6, 6.07) is 6.18. The molecule has 2 rings (SSSR count). The van der Waals surface area contributed by atoms with E-state index >= 15 is 0 Å². The third kappa shape index (κ3) is 2.48. The molecule has 1 aromatic rings. The summed E-state index contributed by atoms with van der Waals surface area (Å²) in [7, 11) is 1.35. The van der Waals surface area contributed by atoms with Crippen LogP contribution in [0.25, 0.3) is 0 Å². The summed E-state index contributed by atoms with van der Waals surface area (Å²) in [5.41, 5.74) is 0.883. The Morgan fingerprint density at radius 1 is 1.44 bits per heavy atom. The summed E-state index contributed by atoms with van der Waals surface area (Å²) in [5.74, 6) is -0.533. The molecular formula is C12H13NO5. The highest BCUT2D eigenvalue weighted by molar-refractivity contribution is 5.72. The molecule has 0 N–H and O–H groups in total. The second-order valence-electron chi connectivity index (χ2n) is 4.13. The highest BCUT2D eigenvalue weighted by Crippen LogP contribution is 2.33. The van der Waals surface area contributed by atoms with E-state index in [0.29, 0.717) is 13.0 Å². The van der Waals surface area contributed by atoms with Crippen LogP contribution in [0.1, 0.15) is 18.1 Å². The van der Waals surface area contributed by atoms with Gasteiger partial charge in [-0.1, -0.05) is 0 Å². The van der Waals surface area contributed by atoms with Gasteiger partial charge in [0.05, 0.1) is 30.7 Å². The molecule has 1 aliphatic heterocycles. The number of nitrogens with zero attached hydrogens (tertiary/aromatic N) is 1. The predicted molar refractivity (Wildman–Crippen MR) is 61.9 cm³/mol. The number of carbonyl (C=O) groups is 1. The number of non-ortho nitro benzene ring substituents is 1. The van der Waals surface area contributed by atoms with E-state index in [4.69, 9.17) is 4.74 Å². The lowest BCUT2D eigenvalue weighted by atomic mass is 10.0. The third-order valence-electron chi connectivity index (χ3n) is 3.01. The first-order valence-corrected chi connectivity index (χ1v) is 5.55. The zero-order valence-corrected chi connectivity index (χ0v) is 9.87. The molecule has 0 amide bonds. The number of carbonyl (C=O) groups excluding carboxylic acids is 1. The lowest BCUT2D eigenvalue weighted by molar-refractivity contribution is -0.384. The first kappa shape index (κ1) is 12.5. The maximum atomic E-state index is 11.3. The van der Waals surface area contributed by atoms with Gasteiger partial charge in [0.25, 0.3) is 5.69 Å². The first-order chi connectivity index (χ1) is 8.61. The van der Waals surface area contributed by atoms with E-state index in [1.165, 1.54) is 19.2 Å². The van der Waals surface area contributed by atoms with E-state index in [-0.39, 0.29) is 23.7 Å². The summed E-state index contributed by atoms with van der Waals surface area (Å²) in [6.45, 7) is 0.328. The summed E-state index contributed by atoms with van der Waals surface area (Å²) in [5, 5.41) is 10.5. The highest BCUT2D eigenvalue weighted by Gasteiger charge is 2.32. The second kappa shape index (κ2) is 5.14. The van der Waals surface area contributed by atoms with Gasteiger partial charge in [-0.05, 0) is 24.1 Å². The minimum absolute atomic E-state index is 0.0428. The Bertz CT molecular complexity index is 456. The van der Waals surface area contributed by atoms with Gasteiger partial charge in [-0.2, -0.15) is 0 Å². The van der Waals surface area contributed by atoms with E-state index in [1.807, 2.05) is 0 Å². The fourth-order valence-electron chi connectivity index (χ4n) is 2.00. The summed E-state index contributed by atoms with van der Waals surface area (Å²) in [6.07, 6.45) is 0.347. The molecule has 1 saturated heterocycles. The van der Waals surface area contributed by atoms with Crippen LogP contribution < -0.4 is 0 Å². The Kier molecular flexibility index (Phi) is 3.57. The van der Waals surface area contributed by atoms with Gasteiger partial charge in [0.1, 0.15) is 0 Å². The van der Waals surface area contributed by atoms with Crippen LogP contribution in [0.2, 0.25) is 0 Å². The number of rotatable bonds is 3. The molecule has 2 atom stereocenters. The normalized spacial score (nSPS) is 22.7. The van der Waals surface area contributed by atoms with Gasteiger partial charge in [-0.3, -0.25) is 14.9 Å². The molecule has 0 bridgehead atoms. The molecule has 0 spiro atoms. The van der Waals surface area contributed by atoms with Gasteiger partial charge in [0.2, 0.25) is 0 Å². The van der Waals surface area contributed by atoms with Crippen LogP contribution in [0.5, 0.6) is 0 Å². The summed E-state index contributed by atoms with van der Waals surface area (Å²) in [4.78, 5) is 21.4. The summed E-state index contributed by atoms with van der Waals surface area (Å²) >= 11 is 0. The van der Waals surface area contributed by atoms with Crippen molar-refractivity contribution in [3.8, 4) is 0 Å². The van der Waals surface area contributed by atoms with E-state index in [9.17, 15) is 14.9 Å². The van der Waals surface area contributed by atoms with Crippen molar-refractivity contribution in [2.45, 2.75) is 12.5 Å². The molecule has 2 unspecified atom stereocenters. The van der Waals surface area contributed by atoms with Crippen molar-refractivity contribution >= 4 is 11.7 Å². The van der Waals surface area contributed by atoms with Crippen LogP contribution >= 0.6 is 0 Å². The van der Waals surface area contributed by atoms with E-state index in [1.54, 1.807) is 12.1 Å². The Hall–Kier alpha value is -1.95. The Balaban J connectivity index is 2.05. The molecule has 96 valence electrons. The molecular weight excluding hydrogens is 238 g/mol. The number of ether oxygens (including phenoxy) is 2. The van der Waals surface area contributed by atoms with Crippen molar-refractivity contribution in [2.75, 3.05) is 13.7 Å². The van der Waals surface area contributed by atoms with Crippen molar-refractivity contribution in [1.29, 1.82) is 0 Å². The molecule has 1 aliphatic rings. The quantitative estimate of drug-likeness (QED) is 0.465. The van der Waals surface area contributed by atoms with Gasteiger partial charge in [-0.25, -0.2) is 0 Å². The fourth-order valence-corrected chi connectivity index (χ4v) is 2.00. The second-order valence-corrected chi connectivity index (χ2v) is 4.13. The van der Waals surface area contributed by atoms with Gasteiger partial charge in [0, 0.05) is 12.1 Å². The molecule has 0 saturated carbocycles. The Labute approximate surface area is 104 Å². The van der Waals surface area contributed by atoms with Crippen molar-refractivity contribution in [1.82, 2.24) is 0 Å². The highest BCUT2D eigenvalue weighted by atomic mass is 16.6. The SMILES string of the molecule is COC(=O)C1COC(c2ccc([N+](=O)[O-])cc2)C1. The van der Waals surface area contributed by atoms with Crippen molar-refractivity contribution in [3.05, 3.63) is 39.9 Å². The minimum Gasteiger partial charge on any atom is -0.469 e. The molecule has 1 fully saturated rings. The van der Waals surface area contributed by atoms with Crippen molar-refractivity contribution < 1.29 is 19.2 Å². The first-order valence-electron chi connectivity index (χ1n) is 5.55. The number of nitro groups is 1. The number of esters is 1. The molecule has 1 heterocycles. The van der Waals surface area contributed by atoms with Crippen LogP contribution in [-0.2, 0) is 14.3 Å². The predicted octanol–water partition coefficient (Wildman–Crippen LogP) is 1.85. The van der Waals surface area contributed by atoms with E-state index in [2.05, 4.69) is 4.74 Å². The summed E-state index contributed by atoms with van der Waals surface area (Å²) < 4.78 is 10.2. The monoisotopic (exact) mass is 251 g/mol. The van der Waals surface area contributed by atoms with Gasteiger partial charge in [-0.15, -0.1) is 0 Å². The lowest BCUT2D eigenvalue weighted by Crippen LogP contribution is -2.15. The average Bonchev–Trinajstić information content (AvgIpc) is 2.87. The van der Waals surface area contributed by atoms with E-state index in [0.717, 1.165) is 5.56 Å². The molecule has 0 aliphatic carbocycles. The van der Waals surface area contributed by atoms with Crippen LogP contribution in [0, 0.1) is 16.0 Å². The molecule has 6 nitrogen and oxygen atoms in total. The maximum absolute atomic E-state index is 11.3.